The number of thiophene rings is 1. The quantitative estimate of drug-likeness (QED) is 0.298. The molecule has 9 heteroatoms. The number of ketones is 1. The number of pyridine rings is 1. The summed E-state index contributed by atoms with van der Waals surface area (Å²) in [6.45, 7) is 0. The Bertz CT molecular complexity index is 1110. The summed E-state index contributed by atoms with van der Waals surface area (Å²) in [5, 5.41) is 13.8. The number of amides is 1. The van der Waals surface area contributed by atoms with Crippen molar-refractivity contribution in [2.24, 2.45) is 0 Å². The molecule has 0 radical (unpaired) electrons. The summed E-state index contributed by atoms with van der Waals surface area (Å²) >= 11 is 15.6. The van der Waals surface area contributed by atoms with Gasteiger partial charge in [-0.1, -0.05) is 30.5 Å². The highest BCUT2D eigenvalue weighted by Gasteiger charge is 2.53. The molecule has 2 unspecified atom stereocenters. The van der Waals surface area contributed by atoms with Crippen LogP contribution >= 0.6 is 51.7 Å². The lowest BCUT2D eigenvalue weighted by Crippen LogP contribution is -2.54. The molecule has 148 valence electrons. The van der Waals surface area contributed by atoms with Crippen molar-refractivity contribution in [2.45, 2.75) is 17.9 Å². The second-order valence-electron chi connectivity index (χ2n) is 6.65. The predicted molar refractivity (Wildman–Crippen MR) is 118 cm³/mol. The Balaban J connectivity index is 1.88. The molecular formula is C20H14BrClN2O3S2. The van der Waals surface area contributed by atoms with Gasteiger partial charge >= 0.3 is 0 Å². The van der Waals surface area contributed by atoms with E-state index in [0.717, 1.165) is 5.56 Å². The second kappa shape index (κ2) is 7.75. The summed E-state index contributed by atoms with van der Waals surface area (Å²) < 4.78 is 1.86. The first-order valence-electron chi connectivity index (χ1n) is 8.54. The van der Waals surface area contributed by atoms with Crippen LogP contribution in [0.15, 0.2) is 57.8 Å². The van der Waals surface area contributed by atoms with Gasteiger partial charge in [-0.2, -0.15) is 11.3 Å². The Hall–Kier alpha value is -1.87. The number of rotatable bonds is 3. The van der Waals surface area contributed by atoms with Gasteiger partial charge in [0, 0.05) is 11.4 Å². The molecule has 1 saturated heterocycles. The number of carbonyl (C=O) groups is 2. The summed E-state index contributed by atoms with van der Waals surface area (Å²) in [5.41, 5.74) is 0.399. The molecule has 1 amide bonds. The molecule has 1 N–H and O–H groups in total. The first-order chi connectivity index (χ1) is 13.8. The molecule has 1 fully saturated rings. The fourth-order valence-electron chi connectivity index (χ4n) is 3.65. The number of hydrogen-bond acceptors (Lipinski definition) is 6. The molecule has 2 atom stereocenters. The Labute approximate surface area is 190 Å². The summed E-state index contributed by atoms with van der Waals surface area (Å²) in [6, 6.07) is 11.4. The van der Waals surface area contributed by atoms with Crippen LogP contribution in [-0.4, -0.2) is 26.1 Å². The average Bonchev–Trinajstić information content (AvgIpc) is 3.22. The van der Waals surface area contributed by atoms with Crippen molar-refractivity contribution in [2.75, 3.05) is 0 Å². The van der Waals surface area contributed by atoms with Gasteiger partial charge in [-0.3, -0.25) is 13.9 Å². The summed E-state index contributed by atoms with van der Waals surface area (Å²) in [7, 11) is 0. The van der Waals surface area contributed by atoms with Crippen LogP contribution in [0.25, 0.3) is 0 Å². The molecule has 0 bridgehead atoms. The Morgan fingerprint density at radius 1 is 1.28 bits per heavy atom. The number of Topliss-reactive ketones (excluding diaryl/α,β-unsaturated/α-hetero) is 1. The van der Waals surface area contributed by atoms with Crippen molar-refractivity contribution in [1.82, 2.24) is 9.29 Å². The van der Waals surface area contributed by atoms with Crippen molar-refractivity contribution < 1.29 is 14.7 Å². The molecule has 3 aromatic rings. The van der Waals surface area contributed by atoms with E-state index in [1.54, 1.807) is 18.2 Å². The maximum atomic E-state index is 13.4. The molecule has 0 spiro atoms. The molecule has 1 aromatic carbocycles. The minimum atomic E-state index is -1.15. The number of aromatic hydroxyl groups is 1. The maximum Gasteiger partial charge on any atom is 0.248 e. The van der Waals surface area contributed by atoms with Gasteiger partial charge in [-0.25, -0.2) is 4.98 Å². The number of benzene rings is 1. The average molecular weight is 510 g/mol. The highest BCUT2D eigenvalue weighted by atomic mass is 79.9. The van der Waals surface area contributed by atoms with Gasteiger partial charge in [0.2, 0.25) is 5.91 Å². The zero-order chi connectivity index (χ0) is 20.8. The molecule has 3 heterocycles. The smallest absolute Gasteiger partial charge is 0.248 e. The second-order valence-corrected chi connectivity index (χ2v) is 9.05. The van der Waals surface area contributed by atoms with Crippen LogP contribution < -0.4 is 0 Å². The van der Waals surface area contributed by atoms with E-state index in [1.165, 1.54) is 33.8 Å². The first-order valence-corrected chi connectivity index (χ1v) is 11.1. The van der Waals surface area contributed by atoms with Crippen LogP contribution in [0.2, 0.25) is 5.02 Å². The molecular weight excluding hydrogens is 496 g/mol. The number of carbonyl (C=O) groups excluding carboxylic acids is 2. The Morgan fingerprint density at radius 3 is 2.76 bits per heavy atom. The topological polar surface area (TPSA) is 70.5 Å². The molecule has 0 aliphatic carbocycles. The van der Waals surface area contributed by atoms with Crippen molar-refractivity contribution >= 4 is 63.4 Å². The van der Waals surface area contributed by atoms with Gasteiger partial charge in [0.15, 0.2) is 5.78 Å². The zero-order valence-electron chi connectivity index (χ0n) is 14.8. The van der Waals surface area contributed by atoms with Crippen LogP contribution in [0.3, 0.4) is 0 Å². The molecule has 29 heavy (non-hydrogen) atoms. The van der Waals surface area contributed by atoms with Crippen LogP contribution in [0, 0.1) is 0 Å². The van der Waals surface area contributed by atoms with Gasteiger partial charge in [-0.15, -0.1) is 0 Å². The number of nitrogens with zero attached hydrogens (tertiary/aromatic N) is 2. The third-order valence-corrected chi connectivity index (χ3v) is 7.01. The SMILES string of the molecule is O=C1CC(c2ccsc2)(c2cccc(Br)n2)N(S)C(=O)C1c1cc(O)ccc1Cl. The predicted octanol–water partition coefficient (Wildman–Crippen LogP) is 4.94. The fraction of sp³-hybridized carbons (Fsp3) is 0.150. The Morgan fingerprint density at radius 2 is 2.07 bits per heavy atom. The van der Waals surface area contributed by atoms with Crippen molar-refractivity contribution in [3.63, 3.8) is 0 Å². The number of phenols is 1. The van der Waals surface area contributed by atoms with E-state index in [4.69, 9.17) is 11.6 Å². The third kappa shape index (κ3) is 3.38. The van der Waals surface area contributed by atoms with Gasteiger partial charge in [-0.05, 0) is 74.2 Å². The van der Waals surface area contributed by atoms with Gasteiger partial charge in [0.05, 0.1) is 5.69 Å². The van der Waals surface area contributed by atoms with Crippen molar-refractivity contribution in [1.29, 1.82) is 0 Å². The maximum absolute atomic E-state index is 13.4. The van der Waals surface area contributed by atoms with Gasteiger partial charge in [0.1, 0.15) is 21.8 Å². The lowest BCUT2D eigenvalue weighted by Gasteiger charge is -2.45. The number of phenolic OH excluding ortho intramolecular Hbond substituents is 1. The standard InChI is InChI=1S/C20H14BrClN2O3S2/c21-17-3-1-2-16(23-17)20(11-6-7-29-10-11)9-15(26)18(19(27)24(20)28)13-8-12(25)4-5-14(13)22/h1-8,10,18,25,28H,9H2. The zero-order valence-corrected chi connectivity index (χ0v) is 18.8. The molecule has 5 nitrogen and oxygen atoms in total. The van der Waals surface area contributed by atoms with Crippen LogP contribution in [0.5, 0.6) is 5.75 Å². The monoisotopic (exact) mass is 508 g/mol. The lowest BCUT2D eigenvalue weighted by molar-refractivity contribution is -0.142. The minimum absolute atomic E-state index is 0.0287. The third-order valence-electron chi connectivity index (χ3n) is 5.00. The molecule has 1 aliphatic heterocycles. The summed E-state index contributed by atoms with van der Waals surface area (Å²) in [4.78, 5) is 31.3. The molecule has 1 aliphatic rings. The van der Waals surface area contributed by atoms with E-state index in [-0.39, 0.29) is 28.5 Å². The number of hydrogen-bond donors (Lipinski definition) is 2. The van der Waals surface area contributed by atoms with Crippen molar-refractivity contribution in [3.8, 4) is 5.75 Å². The fourth-order valence-corrected chi connectivity index (χ4v) is 5.34. The highest BCUT2D eigenvalue weighted by molar-refractivity contribution is 9.10. The molecule has 0 saturated carbocycles. The van der Waals surface area contributed by atoms with E-state index < -0.39 is 17.4 Å². The van der Waals surface area contributed by atoms with E-state index in [2.05, 4.69) is 33.7 Å². The number of aromatic nitrogens is 1. The van der Waals surface area contributed by atoms with Crippen LogP contribution in [-0.2, 0) is 15.1 Å². The van der Waals surface area contributed by atoms with Crippen molar-refractivity contribution in [3.05, 3.63) is 79.7 Å². The van der Waals surface area contributed by atoms with Gasteiger partial charge in [0.25, 0.3) is 0 Å². The Kier molecular flexibility index (Phi) is 5.46. The lowest BCUT2D eigenvalue weighted by atomic mass is 9.75. The highest BCUT2D eigenvalue weighted by Crippen LogP contribution is 2.48. The molecule has 4 rings (SSSR count). The molecule has 2 aromatic heterocycles. The minimum Gasteiger partial charge on any atom is -0.508 e. The van der Waals surface area contributed by atoms with E-state index in [9.17, 15) is 14.7 Å². The normalized spacial score (nSPS) is 22.2. The largest absolute Gasteiger partial charge is 0.508 e. The number of thiol groups is 1. The van der Waals surface area contributed by atoms with Gasteiger partial charge < -0.3 is 5.11 Å². The first kappa shape index (κ1) is 20.4. The van der Waals surface area contributed by atoms with E-state index in [1.807, 2.05) is 16.8 Å². The summed E-state index contributed by atoms with van der Waals surface area (Å²) in [5.74, 6) is -2.06. The van der Waals surface area contributed by atoms with Crippen LogP contribution in [0.4, 0.5) is 0 Å². The van der Waals surface area contributed by atoms with E-state index >= 15 is 0 Å². The summed E-state index contributed by atoms with van der Waals surface area (Å²) in [6.07, 6.45) is -0.0287. The van der Waals surface area contributed by atoms with Crippen LogP contribution in [0.1, 0.15) is 29.2 Å². The number of halogens is 2. The van der Waals surface area contributed by atoms with E-state index in [0.29, 0.717) is 10.3 Å². The number of piperidine rings is 1.